The highest BCUT2D eigenvalue weighted by molar-refractivity contribution is 4.71. The normalized spacial score (nSPS) is 21.0. The van der Waals surface area contributed by atoms with Crippen molar-refractivity contribution in [3.8, 4) is 0 Å². The van der Waals surface area contributed by atoms with E-state index in [1.165, 1.54) is 38.8 Å². The lowest BCUT2D eigenvalue weighted by Gasteiger charge is -2.24. The molecule has 1 rings (SSSR count). The lowest BCUT2D eigenvalue weighted by Crippen LogP contribution is -2.40. The fraction of sp³-hybridized carbons (Fsp3) is 1.00. The zero-order valence-electron chi connectivity index (χ0n) is 10.9. The molecule has 2 N–H and O–H groups in total. The van der Waals surface area contributed by atoms with Gasteiger partial charge in [-0.1, -0.05) is 26.7 Å². The quantitative estimate of drug-likeness (QED) is 0.725. The minimum Gasteiger partial charge on any atom is -0.395 e. The Morgan fingerprint density at radius 3 is 2.25 bits per heavy atom. The fourth-order valence-electron chi connectivity index (χ4n) is 2.40. The second-order valence-electron chi connectivity index (χ2n) is 5.25. The van der Waals surface area contributed by atoms with Gasteiger partial charge in [-0.2, -0.15) is 0 Å². The Morgan fingerprint density at radius 2 is 1.75 bits per heavy atom. The first-order chi connectivity index (χ1) is 7.72. The van der Waals surface area contributed by atoms with E-state index in [2.05, 4.69) is 24.1 Å². The maximum atomic E-state index is 9.28. The molecule has 0 aliphatic carbocycles. The molecule has 1 aliphatic heterocycles. The molecule has 1 heterocycles. The van der Waals surface area contributed by atoms with Gasteiger partial charge in [0.05, 0.1) is 6.61 Å². The molecule has 1 fully saturated rings. The van der Waals surface area contributed by atoms with Gasteiger partial charge in [-0.05, 0) is 38.9 Å². The topological polar surface area (TPSA) is 35.5 Å². The van der Waals surface area contributed by atoms with E-state index in [-0.39, 0.29) is 12.6 Å². The van der Waals surface area contributed by atoms with E-state index in [0.29, 0.717) is 6.04 Å². The zero-order valence-corrected chi connectivity index (χ0v) is 10.9. The minimum atomic E-state index is 0.256. The molecule has 1 unspecified atom stereocenters. The molecule has 0 amide bonds. The van der Waals surface area contributed by atoms with Gasteiger partial charge in [-0.3, -0.25) is 0 Å². The second-order valence-corrected chi connectivity index (χ2v) is 5.25. The maximum absolute atomic E-state index is 9.28. The Labute approximate surface area is 100 Å². The molecule has 3 nitrogen and oxygen atoms in total. The second kappa shape index (κ2) is 8.04. The van der Waals surface area contributed by atoms with Gasteiger partial charge in [-0.25, -0.2) is 0 Å². The average Bonchev–Trinajstić information content (AvgIpc) is 2.52. The van der Waals surface area contributed by atoms with E-state index >= 15 is 0 Å². The van der Waals surface area contributed by atoms with Crippen molar-refractivity contribution in [3.63, 3.8) is 0 Å². The molecule has 0 spiro atoms. The van der Waals surface area contributed by atoms with Crippen LogP contribution in [0, 0.1) is 0 Å². The van der Waals surface area contributed by atoms with Gasteiger partial charge in [0, 0.05) is 12.1 Å². The van der Waals surface area contributed by atoms with E-state index in [9.17, 15) is 5.11 Å². The molecule has 96 valence electrons. The van der Waals surface area contributed by atoms with E-state index in [1.54, 1.807) is 0 Å². The van der Waals surface area contributed by atoms with Crippen molar-refractivity contribution in [1.29, 1.82) is 0 Å². The number of nitrogens with one attached hydrogen (secondary N) is 1. The number of nitrogens with zero attached hydrogens (tertiary/aromatic N) is 1. The summed E-state index contributed by atoms with van der Waals surface area (Å²) >= 11 is 0. The van der Waals surface area contributed by atoms with Crippen molar-refractivity contribution in [2.45, 2.75) is 58.0 Å². The number of aliphatic hydroxyl groups is 1. The molecule has 0 saturated carbocycles. The van der Waals surface area contributed by atoms with Crippen molar-refractivity contribution < 1.29 is 5.11 Å². The number of rotatable bonds is 6. The Hall–Kier alpha value is -0.120. The fourth-order valence-corrected chi connectivity index (χ4v) is 2.40. The lowest BCUT2D eigenvalue weighted by atomic mass is 10.2. The number of hydrogen-bond donors (Lipinski definition) is 2. The van der Waals surface area contributed by atoms with Crippen LogP contribution in [0.15, 0.2) is 0 Å². The van der Waals surface area contributed by atoms with Crippen LogP contribution in [0.2, 0.25) is 0 Å². The van der Waals surface area contributed by atoms with Crippen molar-refractivity contribution in [3.05, 3.63) is 0 Å². The summed E-state index contributed by atoms with van der Waals surface area (Å²) in [6.07, 6.45) is 6.55. The van der Waals surface area contributed by atoms with Crippen molar-refractivity contribution in [2.24, 2.45) is 0 Å². The molecule has 0 radical (unpaired) electrons. The van der Waals surface area contributed by atoms with Gasteiger partial charge in [0.25, 0.3) is 0 Å². The average molecular weight is 228 g/mol. The standard InChI is InChI=1S/C13H28N2O/c1-12(2)14-13(11-16)7-10-15-8-5-3-4-6-9-15/h12-14,16H,3-11H2,1-2H3. The molecular formula is C13H28N2O. The third-order valence-electron chi connectivity index (χ3n) is 3.28. The molecule has 0 aromatic rings. The first-order valence-electron chi connectivity index (χ1n) is 6.81. The van der Waals surface area contributed by atoms with Gasteiger partial charge in [-0.15, -0.1) is 0 Å². The summed E-state index contributed by atoms with van der Waals surface area (Å²) in [5.41, 5.74) is 0. The van der Waals surface area contributed by atoms with E-state index in [1.807, 2.05) is 0 Å². The van der Waals surface area contributed by atoms with E-state index in [4.69, 9.17) is 0 Å². The number of likely N-dealkylation sites (tertiary alicyclic amines) is 1. The smallest absolute Gasteiger partial charge is 0.0585 e. The van der Waals surface area contributed by atoms with E-state index < -0.39 is 0 Å². The highest BCUT2D eigenvalue weighted by Gasteiger charge is 2.13. The van der Waals surface area contributed by atoms with Crippen molar-refractivity contribution in [1.82, 2.24) is 10.2 Å². The van der Waals surface area contributed by atoms with Crippen LogP contribution in [0.3, 0.4) is 0 Å². The monoisotopic (exact) mass is 228 g/mol. The highest BCUT2D eigenvalue weighted by Crippen LogP contribution is 2.10. The number of aliphatic hydroxyl groups excluding tert-OH is 1. The lowest BCUT2D eigenvalue weighted by molar-refractivity contribution is 0.202. The van der Waals surface area contributed by atoms with Gasteiger partial charge < -0.3 is 15.3 Å². The summed E-state index contributed by atoms with van der Waals surface area (Å²) in [4.78, 5) is 2.55. The predicted octanol–water partition coefficient (Wildman–Crippen LogP) is 1.61. The highest BCUT2D eigenvalue weighted by atomic mass is 16.3. The SMILES string of the molecule is CC(C)NC(CO)CCN1CCCCCC1. The molecule has 1 saturated heterocycles. The predicted molar refractivity (Wildman–Crippen MR) is 68.7 cm³/mol. The van der Waals surface area contributed by atoms with Crippen molar-refractivity contribution >= 4 is 0 Å². The molecule has 0 aromatic carbocycles. The maximum Gasteiger partial charge on any atom is 0.0585 e. The van der Waals surface area contributed by atoms with Crippen molar-refractivity contribution in [2.75, 3.05) is 26.2 Å². The molecule has 3 heteroatoms. The molecule has 16 heavy (non-hydrogen) atoms. The third kappa shape index (κ3) is 5.83. The third-order valence-corrected chi connectivity index (χ3v) is 3.28. The van der Waals surface area contributed by atoms with Crippen LogP contribution in [-0.4, -0.2) is 48.3 Å². The first kappa shape index (κ1) is 13.9. The Morgan fingerprint density at radius 1 is 1.12 bits per heavy atom. The zero-order chi connectivity index (χ0) is 11.8. The minimum absolute atomic E-state index is 0.256. The largest absolute Gasteiger partial charge is 0.395 e. The molecule has 0 bridgehead atoms. The first-order valence-corrected chi connectivity index (χ1v) is 6.81. The summed E-state index contributed by atoms with van der Waals surface area (Å²) in [7, 11) is 0. The van der Waals surface area contributed by atoms with E-state index in [0.717, 1.165) is 13.0 Å². The Bertz CT molecular complexity index is 163. The van der Waals surface area contributed by atoms with Gasteiger partial charge in [0.2, 0.25) is 0 Å². The summed E-state index contributed by atoms with van der Waals surface area (Å²) in [6, 6.07) is 0.726. The van der Waals surface area contributed by atoms with Crippen LogP contribution in [0.25, 0.3) is 0 Å². The van der Waals surface area contributed by atoms with Crippen LogP contribution in [0.5, 0.6) is 0 Å². The molecule has 1 atom stereocenters. The summed E-state index contributed by atoms with van der Waals surface area (Å²) in [5, 5.41) is 12.7. The summed E-state index contributed by atoms with van der Waals surface area (Å²) in [5.74, 6) is 0. The molecular weight excluding hydrogens is 200 g/mol. The number of hydrogen-bond acceptors (Lipinski definition) is 3. The van der Waals surface area contributed by atoms with Crippen LogP contribution < -0.4 is 5.32 Å². The summed E-state index contributed by atoms with van der Waals surface area (Å²) in [6.45, 7) is 8.15. The summed E-state index contributed by atoms with van der Waals surface area (Å²) < 4.78 is 0. The van der Waals surface area contributed by atoms with Crippen LogP contribution in [-0.2, 0) is 0 Å². The Balaban J connectivity index is 2.19. The van der Waals surface area contributed by atoms with Gasteiger partial charge in [0.15, 0.2) is 0 Å². The Kier molecular flexibility index (Phi) is 7.01. The van der Waals surface area contributed by atoms with Crippen LogP contribution in [0.4, 0.5) is 0 Å². The van der Waals surface area contributed by atoms with Crippen LogP contribution in [0.1, 0.15) is 46.0 Å². The molecule has 1 aliphatic rings. The van der Waals surface area contributed by atoms with Crippen LogP contribution >= 0.6 is 0 Å². The van der Waals surface area contributed by atoms with Gasteiger partial charge >= 0.3 is 0 Å². The van der Waals surface area contributed by atoms with Gasteiger partial charge in [0.1, 0.15) is 0 Å². The molecule has 0 aromatic heterocycles.